The fourth-order valence-electron chi connectivity index (χ4n) is 2.57. The largest absolute Gasteiger partial charge is 0.351 e. The molecule has 0 bridgehead atoms. The fourth-order valence-corrected chi connectivity index (χ4v) is 2.57. The van der Waals surface area contributed by atoms with Crippen molar-refractivity contribution in [3.8, 4) is 0 Å². The zero-order valence-electron chi connectivity index (χ0n) is 13.4. The maximum absolute atomic E-state index is 11.4. The van der Waals surface area contributed by atoms with E-state index in [1.54, 1.807) is 6.08 Å². The molecule has 1 aliphatic rings. The third kappa shape index (κ3) is 4.64. The Balaban J connectivity index is 2.45. The Morgan fingerprint density at radius 3 is 2.74 bits per heavy atom. The molecule has 1 aromatic carbocycles. The van der Waals surface area contributed by atoms with E-state index in [2.05, 4.69) is 10.3 Å². The van der Waals surface area contributed by atoms with Crippen LogP contribution >= 0.6 is 0 Å². The number of hydrogen-bond donors (Lipinski definition) is 2. The van der Waals surface area contributed by atoms with Crippen molar-refractivity contribution in [2.24, 2.45) is 10.7 Å². The summed E-state index contributed by atoms with van der Waals surface area (Å²) in [7, 11) is 0. The van der Waals surface area contributed by atoms with Crippen LogP contribution in [-0.2, 0) is 11.2 Å². The van der Waals surface area contributed by atoms with Crippen molar-refractivity contribution >= 4 is 28.9 Å². The molecule has 0 spiro atoms. The first-order valence-corrected chi connectivity index (χ1v) is 7.62. The van der Waals surface area contributed by atoms with Gasteiger partial charge in [-0.2, -0.15) is 0 Å². The summed E-state index contributed by atoms with van der Waals surface area (Å²) in [5, 5.41) is 2.57. The molecule has 0 saturated heterocycles. The minimum atomic E-state index is -0.602. The van der Waals surface area contributed by atoms with Crippen molar-refractivity contribution in [2.75, 3.05) is 0 Å². The number of ketones is 1. The molecule has 5 heteroatoms. The molecule has 0 atom stereocenters. The van der Waals surface area contributed by atoms with Crippen LogP contribution in [-0.4, -0.2) is 17.6 Å². The predicted octanol–water partition coefficient (Wildman–Crippen LogP) is 3.27. The lowest BCUT2D eigenvalue weighted by molar-refractivity contribution is -0.112. The second-order valence-corrected chi connectivity index (χ2v) is 5.46. The van der Waals surface area contributed by atoms with E-state index in [-0.39, 0.29) is 5.78 Å². The lowest BCUT2D eigenvalue weighted by atomic mass is 9.99. The van der Waals surface area contributed by atoms with E-state index in [9.17, 15) is 9.59 Å². The molecule has 1 heterocycles. The fraction of sp³-hybridized carbons (Fsp3) is 0.278. The van der Waals surface area contributed by atoms with E-state index in [0.717, 1.165) is 35.2 Å². The third-order valence-corrected chi connectivity index (χ3v) is 3.51. The highest BCUT2D eigenvalue weighted by molar-refractivity contribution is 5.99. The molecular formula is C18H21N3O2. The number of amidine groups is 1. The first-order chi connectivity index (χ1) is 11.0. The Morgan fingerprint density at radius 2 is 2.09 bits per heavy atom. The molecule has 5 nitrogen and oxygen atoms in total. The summed E-state index contributed by atoms with van der Waals surface area (Å²) in [5.41, 5.74) is 8.87. The number of nitrogens with one attached hydrogen (secondary N) is 1. The molecule has 0 fully saturated rings. The molecule has 1 aromatic rings. The number of nitrogens with two attached hydrogens (primary N) is 1. The molecule has 0 unspecified atom stereocenters. The molecule has 2 rings (SSSR count). The Morgan fingerprint density at radius 1 is 1.30 bits per heavy atom. The zero-order valence-corrected chi connectivity index (χ0v) is 13.4. The highest BCUT2D eigenvalue weighted by Crippen LogP contribution is 2.29. The summed E-state index contributed by atoms with van der Waals surface area (Å²) in [6.07, 6.45) is 7.85. The van der Waals surface area contributed by atoms with Crippen LogP contribution < -0.4 is 11.1 Å². The summed E-state index contributed by atoms with van der Waals surface area (Å²) in [4.78, 5) is 27.0. The number of carbonyl (C=O) groups is 2. The molecule has 0 radical (unpaired) electrons. The van der Waals surface area contributed by atoms with Gasteiger partial charge in [-0.25, -0.2) is 9.79 Å². The first-order valence-electron chi connectivity index (χ1n) is 7.62. The van der Waals surface area contributed by atoms with E-state index < -0.39 is 6.03 Å². The van der Waals surface area contributed by atoms with Crippen LogP contribution in [0.1, 0.15) is 37.8 Å². The number of aliphatic imine (C=N–C) groups is 1. The first kappa shape index (κ1) is 16.7. The van der Waals surface area contributed by atoms with Crippen molar-refractivity contribution in [2.45, 2.75) is 33.1 Å². The van der Waals surface area contributed by atoms with Crippen LogP contribution in [0.2, 0.25) is 0 Å². The van der Waals surface area contributed by atoms with Gasteiger partial charge < -0.3 is 5.73 Å². The van der Waals surface area contributed by atoms with Gasteiger partial charge >= 0.3 is 6.03 Å². The lowest BCUT2D eigenvalue weighted by Gasteiger charge is -2.08. The van der Waals surface area contributed by atoms with Crippen LogP contribution in [0.4, 0.5) is 10.5 Å². The second kappa shape index (κ2) is 7.54. The molecule has 2 amide bonds. The molecule has 120 valence electrons. The molecule has 0 aliphatic carbocycles. The van der Waals surface area contributed by atoms with Gasteiger partial charge in [0.1, 0.15) is 5.84 Å². The summed E-state index contributed by atoms with van der Waals surface area (Å²) in [6, 6.07) is 5.36. The minimum absolute atomic E-state index is 0.00683. The maximum Gasteiger partial charge on any atom is 0.317 e. The Kier molecular flexibility index (Phi) is 5.46. The van der Waals surface area contributed by atoms with Gasteiger partial charge in [0.2, 0.25) is 0 Å². The summed E-state index contributed by atoms with van der Waals surface area (Å²) >= 11 is 0. The van der Waals surface area contributed by atoms with Crippen molar-refractivity contribution in [1.82, 2.24) is 5.32 Å². The number of nitrogens with zero attached hydrogens (tertiary/aromatic N) is 1. The van der Waals surface area contributed by atoms with Gasteiger partial charge in [0.25, 0.3) is 0 Å². The third-order valence-electron chi connectivity index (χ3n) is 3.51. The van der Waals surface area contributed by atoms with Gasteiger partial charge in [0.05, 0.1) is 5.69 Å². The molecule has 3 N–H and O–H groups in total. The van der Waals surface area contributed by atoms with Crippen LogP contribution in [0.15, 0.2) is 41.4 Å². The Bertz CT molecular complexity index is 715. The number of benzene rings is 1. The highest BCUT2D eigenvalue weighted by atomic mass is 16.2. The van der Waals surface area contributed by atoms with Gasteiger partial charge in [-0.15, -0.1) is 0 Å². The number of amides is 2. The van der Waals surface area contributed by atoms with Gasteiger partial charge in [0, 0.05) is 6.42 Å². The van der Waals surface area contributed by atoms with Crippen LogP contribution in [0, 0.1) is 0 Å². The number of urea groups is 1. The number of allylic oxidation sites excluding steroid dienone is 4. The number of rotatable bonds is 3. The lowest BCUT2D eigenvalue weighted by Crippen LogP contribution is -2.34. The molecule has 0 aromatic heterocycles. The Labute approximate surface area is 136 Å². The van der Waals surface area contributed by atoms with Crippen molar-refractivity contribution < 1.29 is 9.59 Å². The SMILES string of the molecule is C/C=C\C(=C/C(C)=O)c1ccc2c(c1)N=C(NC(N)=O)CCC2. The molecule has 1 aliphatic heterocycles. The number of fused-ring (bicyclic) bond motifs is 1. The monoisotopic (exact) mass is 311 g/mol. The normalized spacial score (nSPS) is 14.9. The number of carbonyl (C=O) groups excluding carboxylic acids is 2. The quantitative estimate of drug-likeness (QED) is 0.663. The Hall–Kier alpha value is -2.69. The summed E-state index contributed by atoms with van der Waals surface area (Å²) < 4.78 is 0. The van der Waals surface area contributed by atoms with Gasteiger partial charge in [-0.05, 0) is 55.5 Å². The van der Waals surface area contributed by atoms with Crippen molar-refractivity contribution in [3.05, 3.63) is 47.6 Å². The number of primary amides is 1. The average molecular weight is 311 g/mol. The average Bonchev–Trinajstić information content (AvgIpc) is 2.66. The van der Waals surface area contributed by atoms with E-state index in [1.165, 1.54) is 6.92 Å². The zero-order chi connectivity index (χ0) is 16.8. The van der Waals surface area contributed by atoms with Gasteiger partial charge in [-0.3, -0.25) is 10.1 Å². The van der Waals surface area contributed by atoms with Gasteiger partial charge in [0.15, 0.2) is 5.78 Å². The number of aryl methyl sites for hydroxylation is 1. The summed E-state index contributed by atoms with van der Waals surface area (Å²) in [5.74, 6) is 0.573. The molecule has 0 saturated carbocycles. The smallest absolute Gasteiger partial charge is 0.317 e. The van der Waals surface area contributed by atoms with E-state index in [4.69, 9.17) is 5.73 Å². The summed E-state index contributed by atoms with van der Waals surface area (Å²) in [6.45, 7) is 3.43. The van der Waals surface area contributed by atoms with Crippen LogP contribution in [0.3, 0.4) is 0 Å². The highest BCUT2D eigenvalue weighted by Gasteiger charge is 2.13. The second-order valence-electron chi connectivity index (χ2n) is 5.46. The van der Waals surface area contributed by atoms with E-state index in [0.29, 0.717) is 12.3 Å². The van der Waals surface area contributed by atoms with Crippen molar-refractivity contribution in [3.63, 3.8) is 0 Å². The molecular weight excluding hydrogens is 290 g/mol. The van der Waals surface area contributed by atoms with Crippen LogP contribution in [0.5, 0.6) is 0 Å². The van der Waals surface area contributed by atoms with E-state index >= 15 is 0 Å². The topological polar surface area (TPSA) is 84.6 Å². The predicted molar refractivity (Wildman–Crippen MR) is 92.7 cm³/mol. The number of hydrogen-bond acceptors (Lipinski definition) is 3. The molecule has 23 heavy (non-hydrogen) atoms. The van der Waals surface area contributed by atoms with Gasteiger partial charge in [-0.1, -0.05) is 24.3 Å². The standard InChI is InChI=1S/C18H21N3O2/c1-3-5-14(10-12(2)22)15-9-8-13-6-4-7-17(21-18(19)23)20-16(13)11-15/h3,5,8-11H,4,6-7H2,1-2H3,(H3,19,20,21,23)/b5-3-,14-10+. The maximum atomic E-state index is 11.4. The van der Waals surface area contributed by atoms with Crippen molar-refractivity contribution in [1.29, 1.82) is 0 Å². The van der Waals surface area contributed by atoms with Crippen LogP contribution in [0.25, 0.3) is 5.57 Å². The van der Waals surface area contributed by atoms with E-state index in [1.807, 2.05) is 37.3 Å². The minimum Gasteiger partial charge on any atom is -0.351 e.